The van der Waals surface area contributed by atoms with Crippen LogP contribution in [0.15, 0.2) is 18.2 Å². The van der Waals surface area contributed by atoms with E-state index in [4.69, 9.17) is 0 Å². The van der Waals surface area contributed by atoms with Crippen molar-refractivity contribution in [1.29, 1.82) is 0 Å². The second-order valence-corrected chi connectivity index (χ2v) is 3.96. The molecule has 0 fully saturated rings. The Bertz CT molecular complexity index is 427. The number of fused-ring (bicyclic) bond motifs is 1. The molecule has 0 radical (unpaired) electrons. The van der Waals surface area contributed by atoms with E-state index in [9.17, 15) is 13.6 Å². The summed E-state index contributed by atoms with van der Waals surface area (Å²) in [6, 6.07) is 5.33. The number of alkyl halides is 2. The zero-order valence-corrected chi connectivity index (χ0v) is 10.5. The molecule has 1 heterocycles. The van der Waals surface area contributed by atoms with Gasteiger partial charge < -0.3 is 10.6 Å². The van der Waals surface area contributed by atoms with E-state index in [2.05, 4.69) is 10.6 Å². The number of amides is 1. The molecule has 0 saturated carbocycles. The van der Waals surface area contributed by atoms with Crippen LogP contribution in [0.2, 0.25) is 0 Å². The van der Waals surface area contributed by atoms with Gasteiger partial charge in [0.1, 0.15) is 0 Å². The lowest BCUT2D eigenvalue weighted by molar-refractivity contribution is 0.0891. The molecule has 0 aromatic heterocycles. The van der Waals surface area contributed by atoms with Crippen LogP contribution in [0.4, 0.5) is 14.5 Å². The molecule has 2 N–H and O–H groups in total. The van der Waals surface area contributed by atoms with Crippen molar-refractivity contribution in [2.45, 2.75) is 19.3 Å². The number of hydrogen-bond acceptors (Lipinski definition) is 2. The van der Waals surface area contributed by atoms with Crippen molar-refractivity contribution < 1.29 is 13.6 Å². The third-order valence-electron chi connectivity index (χ3n) is 2.76. The largest absolute Gasteiger partial charge is 0.385 e. The molecule has 1 aliphatic rings. The van der Waals surface area contributed by atoms with Gasteiger partial charge in [-0.2, -0.15) is 0 Å². The second-order valence-electron chi connectivity index (χ2n) is 3.96. The number of halogens is 3. The molecule has 3 nitrogen and oxygen atoms in total. The summed E-state index contributed by atoms with van der Waals surface area (Å²) < 4.78 is 24.0. The molecule has 1 amide bonds. The van der Waals surface area contributed by atoms with Gasteiger partial charge in [-0.3, -0.25) is 4.79 Å². The topological polar surface area (TPSA) is 41.1 Å². The Balaban J connectivity index is 0.00000162. The smallest absolute Gasteiger partial charge is 0.255 e. The van der Waals surface area contributed by atoms with Gasteiger partial charge in [0.05, 0.1) is 6.54 Å². The number of anilines is 1. The average Bonchev–Trinajstić information content (AvgIpc) is 2.35. The second kappa shape index (κ2) is 6.54. The lowest BCUT2D eigenvalue weighted by Gasteiger charge is -2.20. The normalized spacial score (nSPS) is 13.3. The molecular formula is C12H15ClF2N2O. The molecule has 0 bridgehead atoms. The highest BCUT2D eigenvalue weighted by molar-refractivity contribution is 5.97. The van der Waals surface area contributed by atoms with Crippen molar-refractivity contribution in [2.24, 2.45) is 0 Å². The molecule has 0 aliphatic carbocycles. The molecule has 0 saturated heterocycles. The Morgan fingerprint density at radius 2 is 2.22 bits per heavy atom. The SMILES string of the molecule is Cl.O=C(NCC(F)F)c1cccc2c1CCCN2. The van der Waals surface area contributed by atoms with E-state index in [1.54, 1.807) is 12.1 Å². The molecule has 2 rings (SSSR count). The number of benzene rings is 1. The van der Waals surface area contributed by atoms with Crippen molar-refractivity contribution >= 4 is 24.0 Å². The van der Waals surface area contributed by atoms with E-state index in [-0.39, 0.29) is 12.4 Å². The van der Waals surface area contributed by atoms with E-state index in [0.29, 0.717) is 5.56 Å². The average molecular weight is 277 g/mol. The number of carbonyl (C=O) groups excluding carboxylic acids is 1. The predicted molar refractivity (Wildman–Crippen MR) is 68.8 cm³/mol. The van der Waals surface area contributed by atoms with E-state index in [1.807, 2.05) is 6.07 Å². The monoisotopic (exact) mass is 276 g/mol. The lowest BCUT2D eigenvalue weighted by Crippen LogP contribution is -2.30. The molecule has 0 atom stereocenters. The van der Waals surface area contributed by atoms with Crippen molar-refractivity contribution in [1.82, 2.24) is 5.32 Å². The molecule has 0 spiro atoms. The first-order chi connectivity index (χ1) is 8.18. The first kappa shape index (κ1) is 14.7. The summed E-state index contributed by atoms with van der Waals surface area (Å²) in [5.41, 5.74) is 2.35. The molecule has 1 aliphatic heterocycles. The zero-order chi connectivity index (χ0) is 12.3. The molecule has 18 heavy (non-hydrogen) atoms. The van der Waals surface area contributed by atoms with Crippen LogP contribution in [0.25, 0.3) is 0 Å². The zero-order valence-electron chi connectivity index (χ0n) is 9.71. The molecule has 1 aromatic carbocycles. The van der Waals surface area contributed by atoms with E-state index in [0.717, 1.165) is 30.6 Å². The molecule has 6 heteroatoms. The minimum Gasteiger partial charge on any atom is -0.385 e. The Hall–Kier alpha value is -1.36. The van der Waals surface area contributed by atoms with Crippen LogP contribution in [0.3, 0.4) is 0 Å². The summed E-state index contributed by atoms with van der Waals surface area (Å²) in [6.07, 6.45) is -0.760. The molecule has 1 aromatic rings. The maximum absolute atomic E-state index is 12.0. The van der Waals surface area contributed by atoms with Gasteiger partial charge in [0.2, 0.25) is 0 Å². The van der Waals surface area contributed by atoms with Crippen molar-refractivity contribution in [3.8, 4) is 0 Å². The Labute approximate surface area is 110 Å². The number of rotatable bonds is 3. The van der Waals surface area contributed by atoms with Gasteiger partial charge in [-0.25, -0.2) is 8.78 Å². The minimum atomic E-state index is -2.52. The van der Waals surface area contributed by atoms with Crippen LogP contribution >= 0.6 is 12.4 Å². The summed E-state index contributed by atoms with van der Waals surface area (Å²) in [7, 11) is 0. The first-order valence-corrected chi connectivity index (χ1v) is 5.60. The quantitative estimate of drug-likeness (QED) is 0.890. The fourth-order valence-corrected chi connectivity index (χ4v) is 1.99. The first-order valence-electron chi connectivity index (χ1n) is 5.60. The maximum Gasteiger partial charge on any atom is 0.255 e. The van der Waals surface area contributed by atoms with Gasteiger partial charge in [0.25, 0.3) is 12.3 Å². The molecular weight excluding hydrogens is 262 g/mol. The Morgan fingerprint density at radius 1 is 1.44 bits per heavy atom. The fourth-order valence-electron chi connectivity index (χ4n) is 1.99. The van der Waals surface area contributed by atoms with Gasteiger partial charge in [-0.05, 0) is 30.5 Å². The van der Waals surface area contributed by atoms with Gasteiger partial charge in [-0.15, -0.1) is 12.4 Å². The third-order valence-corrected chi connectivity index (χ3v) is 2.76. The van der Waals surface area contributed by atoms with Gasteiger partial charge >= 0.3 is 0 Å². The predicted octanol–water partition coefficient (Wildman–Crippen LogP) is 2.46. The van der Waals surface area contributed by atoms with Crippen LogP contribution < -0.4 is 10.6 Å². The summed E-state index contributed by atoms with van der Waals surface area (Å²) in [5, 5.41) is 5.43. The highest BCUT2D eigenvalue weighted by Gasteiger charge is 2.17. The summed E-state index contributed by atoms with van der Waals surface area (Å²) in [4.78, 5) is 11.7. The van der Waals surface area contributed by atoms with Crippen molar-refractivity contribution in [3.63, 3.8) is 0 Å². The Kier molecular flexibility index (Phi) is 5.34. The van der Waals surface area contributed by atoms with Gasteiger partial charge in [0.15, 0.2) is 0 Å². The lowest BCUT2D eigenvalue weighted by atomic mass is 9.97. The summed E-state index contributed by atoms with van der Waals surface area (Å²) in [5.74, 6) is -0.425. The van der Waals surface area contributed by atoms with Crippen molar-refractivity contribution in [2.75, 3.05) is 18.4 Å². The number of carbonyl (C=O) groups is 1. The van der Waals surface area contributed by atoms with E-state index in [1.165, 1.54) is 0 Å². The highest BCUT2D eigenvalue weighted by atomic mass is 35.5. The summed E-state index contributed by atoms with van der Waals surface area (Å²) in [6.45, 7) is 0.283. The molecule has 0 unspecified atom stereocenters. The fraction of sp³-hybridized carbons (Fsp3) is 0.417. The van der Waals surface area contributed by atoms with Crippen LogP contribution in [0, 0.1) is 0 Å². The van der Waals surface area contributed by atoms with Crippen molar-refractivity contribution in [3.05, 3.63) is 29.3 Å². The van der Waals surface area contributed by atoms with Gasteiger partial charge in [0, 0.05) is 17.8 Å². The van der Waals surface area contributed by atoms with Crippen LogP contribution in [-0.4, -0.2) is 25.4 Å². The van der Waals surface area contributed by atoms with Gasteiger partial charge in [-0.1, -0.05) is 6.07 Å². The van der Waals surface area contributed by atoms with Crippen LogP contribution in [-0.2, 0) is 6.42 Å². The Morgan fingerprint density at radius 3 is 2.94 bits per heavy atom. The van der Waals surface area contributed by atoms with Crippen LogP contribution in [0.1, 0.15) is 22.3 Å². The summed E-state index contributed by atoms with van der Waals surface area (Å²) >= 11 is 0. The standard InChI is InChI=1S/C12H14F2N2O.ClH/c13-11(14)7-16-12(17)9-3-1-5-10-8(9)4-2-6-15-10;/h1,3,5,11,15H,2,4,6-7H2,(H,16,17);1H. The van der Waals surface area contributed by atoms with E-state index < -0.39 is 18.9 Å². The number of hydrogen-bond donors (Lipinski definition) is 2. The minimum absolute atomic E-state index is 0. The van der Waals surface area contributed by atoms with Crippen LogP contribution in [0.5, 0.6) is 0 Å². The molecule has 100 valence electrons. The highest BCUT2D eigenvalue weighted by Crippen LogP contribution is 2.25. The number of nitrogens with one attached hydrogen (secondary N) is 2. The maximum atomic E-state index is 12.0. The third kappa shape index (κ3) is 3.32. The van der Waals surface area contributed by atoms with E-state index >= 15 is 0 Å².